The van der Waals surface area contributed by atoms with Crippen LogP contribution in [0.15, 0.2) is 67.0 Å². The molecule has 26 heavy (non-hydrogen) atoms. The van der Waals surface area contributed by atoms with Crippen molar-refractivity contribution < 1.29 is 0 Å². The summed E-state index contributed by atoms with van der Waals surface area (Å²) in [6.07, 6.45) is 7.22. The highest BCUT2D eigenvalue weighted by molar-refractivity contribution is 5.84. The normalized spacial score (nSPS) is 16.7. The van der Waals surface area contributed by atoms with Crippen molar-refractivity contribution in [3.05, 3.63) is 72.6 Å². The van der Waals surface area contributed by atoms with Crippen LogP contribution >= 0.6 is 0 Å². The second-order valence-electron chi connectivity index (χ2n) is 7.50. The summed E-state index contributed by atoms with van der Waals surface area (Å²) < 4.78 is 4.71. The Kier molecular flexibility index (Phi) is 3.83. The van der Waals surface area contributed by atoms with Crippen molar-refractivity contribution in [1.29, 1.82) is 0 Å². The summed E-state index contributed by atoms with van der Waals surface area (Å²) in [4.78, 5) is 2.68. The zero-order valence-corrected chi connectivity index (χ0v) is 15.3. The maximum absolute atomic E-state index is 2.68. The van der Waals surface area contributed by atoms with Gasteiger partial charge in [0.15, 0.2) is 0 Å². The van der Waals surface area contributed by atoms with Crippen molar-refractivity contribution in [3.8, 4) is 0 Å². The van der Waals surface area contributed by atoms with Crippen LogP contribution in [0.25, 0.3) is 21.8 Å². The summed E-state index contributed by atoms with van der Waals surface area (Å²) in [6.45, 7) is 3.40. The van der Waals surface area contributed by atoms with Gasteiger partial charge >= 0.3 is 0 Å². The van der Waals surface area contributed by atoms with Crippen LogP contribution in [0, 0.1) is 0 Å². The maximum Gasteiger partial charge on any atom is 0.0548 e. The minimum Gasteiger partial charge on any atom is -0.350 e. The SMILES string of the molecule is Cn1cc([C@H](Cn2ccc3ccccc32)N2CCCC2)c2ccccc21. The first kappa shape index (κ1) is 15.7. The van der Waals surface area contributed by atoms with E-state index < -0.39 is 0 Å². The number of para-hydroxylation sites is 2. The second kappa shape index (κ2) is 6.33. The van der Waals surface area contributed by atoms with E-state index in [1.807, 2.05) is 0 Å². The van der Waals surface area contributed by atoms with Gasteiger partial charge < -0.3 is 9.13 Å². The molecule has 3 heteroatoms. The molecular weight excluding hydrogens is 318 g/mol. The van der Waals surface area contributed by atoms with Crippen molar-refractivity contribution >= 4 is 21.8 Å². The molecule has 0 N–H and O–H groups in total. The molecule has 1 saturated heterocycles. The summed E-state index contributed by atoms with van der Waals surface area (Å²) in [7, 11) is 2.16. The number of hydrogen-bond acceptors (Lipinski definition) is 1. The average molecular weight is 343 g/mol. The Morgan fingerprint density at radius 3 is 2.46 bits per heavy atom. The first-order valence-electron chi connectivity index (χ1n) is 9.63. The molecule has 0 unspecified atom stereocenters. The predicted molar refractivity (Wildman–Crippen MR) is 108 cm³/mol. The third-order valence-electron chi connectivity index (χ3n) is 5.92. The molecule has 3 nitrogen and oxygen atoms in total. The van der Waals surface area contributed by atoms with E-state index in [2.05, 4.69) is 88.1 Å². The quantitative estimate of drug-likeness (QED) is 0.510. The molecule has 1 aliphatic heterocycles. The van der Waals surface area contributed by atoms with Crippen LogP contribution in [0.4, 0.5) is 0 Å². The Bertz CT molecular complexity index is 1050. The molecule has 5 rings (SSSR count). The first-order valence-corrected chi connectivity index (χ1v) is 9.63. The number of nitrogens with zero attached hydrogens (tertiary/aromatic N) is 3. The van der Waals surface area contributed by atoms with Crippen molar-refractivity contribution in [2.75, 3.05) is 13.1 Å². The maximum atomic E-state index is 2.68. The summed E-state index contributed by atoms with van der Waals surface area (Å²) in [5, 5.41) is 2.72. The van der Waals surface area contributed by atoms with E-state index in [0.29, 0.717) is 6.04 Å². The second-order valence-corrected chi connectivity index (χ2v) is 7.50. The van der Waals surface area contributed by atoms with E-state index in [1.54, 1.807) is 0 Å². The lowest BCUT2D eigenvalue weighted by Gasteiger charge is -2.28. The van der Waals surface area contributed by atoms with E-state index in [-0.39, 0.29) is 0 Å². The summed E-state index contributed by atoms with van der Waals surface area (Å²) in [6, 6.07) is 20.2. The summed E-state index contributed by atoms with van der Waals surface area (Å²) >= 11 is 0. The minimum absolute atomic E-state index is 0.416. The third-order valence-corrected chi connectivity index (χ3v) is 5.92. The van der Waals surface area contributed by atoms with Gasteiger partial charge in [-0.15, -0.1) is 0 Å². The topological polar surface area (TPSA) is 13.1 Å². The number of rotatable bonds is 4. The molecule has 0 aliphatic carbocycles. The molecule has 0 spiro atoms. The lowest BCUT2D eigenvalue weighted by atomic mass is 10.0. The zero-order valence-electron chi connectivity index (χ0n) is 15.3. The molecule has 0 radical (unpaired) electrons. The van der Waals surface area contributed by atoms with Gasteiger partial charge in [-0.05, 0) is 55.1 Å². The van der Waals surface area contributed by atoms with Crippen LogP contribution in [0.3, 0.4) is 0 Å². The van der Waals surface area contributed by atoms with Crippen LogP contribution in [-0.4, -0.2) is 27.1 Å². The molecule has 1 aliphatic rings. The highest BCUT2D eigenvalue weighted by Gasteiger charge is 2.26. The fourth-order valence-corrected chi connectivity index (χ4v) is 4.59. The van der Waals surface area contributed by atoms with Crippen molar-refractivity contribution in [2.45, 2.75) is 25.4 Å². The van der Waals surface area contributed by atoms with Gasteiger partial charge in [0.1, 0.15) is 0 Å². The third kappa shape index (κ3) is 2.55. The van der Waals surface area contributed by atoms with E-state index in [1.165, 1.54) is 53.3 Å². The molecule has 0 saturated carbocycles. The van der Waals surface area contributed by atoms with Crippen molar-refractivity contribution in [1.82, 2.24) is 14.0 Å². The van der Waals surface area contributed by atoms with Crippen molar-refractivity contribution in [3.63, 3.8) is 0 Å². The molecule has 1 atom stereocenters. The lowest BCUT2D eigenvalue weighted by Crippen LogP contribution is -2.29. The van der Waals surface area contributed by atoms with Gasteiger partial charge in [0.05, 0.1) is 6.04 Å². The Morgan fingerprint density at radius 2 is 1.62 bits per heavy atom. The molecule has 0 bridgehead atoms. The fourth-order valence-electron chi connectivity index (χ4n) is 4.59. The van der Waals surface area contributed by atoms with Crippen LogP contribution in [-0.2, 0) is 13.6 Å². The van der Waals surface area contributed by atoms with E-state index in [9.17, 15) is 0 Å². The highest BCUT2D eigenvalue weighted by atomic mass is 15.2. The van der Waals surface area contributed by atoms with Crippen LogP contribution < -0.4 is 0 Å². The smallest absolute Gasteiger partial charge is 0.0548 e. The van der Waals surface area contributed by atoms with Crippen LogP contribution in [0.5, 0.6) is 0 Å². The van der Waals surface area contributed by atoms with Crippen LogP contribution in [0.1, 0.15) is 24.4 Å². The molecule has 3 heterocycles. The van der Waals surface area contributed by atoms with E-state index >= 15 is 0 Å². The van der Waals surface area contributed by atoms with Gasteiger partial charge in [-0.1, -0.05) is 36.4 Å². The molecular formula is C23H25N3. The van der Waals surface area contributed by atoms with Gasteiger partial charge in [-0.25, -0.2) is 0 Å². The molecule has 4 aromatic rings. The molecule has 2 aromatic heterocycles. The molecule has 132 valence electrons. The van der Waals surface area contributed by atoms with Gasteiger partial charge in [0, 0.05) is 42.4 Å². The Morgan fingerprint density at radius 1 is 0.885 bits per heavy atom. The Hall–Kier alpha value is -2.52. The number of aromatic nitrogens is 2. The number of likely N-dealkylation sites (tertiary alicyclic amines) is 1. The summed E-state index contributed by atoms with van der Waals surface area (Å²) in [5.41, 5.74) is 4.11. The first-order chi connectivity index (χ1) is 12.8. The highest BCUT2D eigenvalue weighted by Crippen LogP contribution is 2.34. The van der Waals surface area contributed by atoms with E-state index in [0.717, 1.165) is 6.54 Å². The monoisotopic (exact) mass is 343 g/mol. The minimum atomic E-state index is 0.416. The largest absolute Gasteiger partial charge is 0.350 e. The van der Waals surface area contributed by atoms with Crippen LogP contribution in [0.2, 0.25) is 0 Å². The Labute approximate surface area is 154 Å². The number of benzene rings is 2. The van der Waals surface area contributed by atoms with Gasteiger partial charge in [0.25, 0.3) is 0 Å². The molecule has 2 aromatic carbocycles. The van der Waals surface area contributed by atoms with Crippen molar-refractivity contribution in [2.24, 2.45) is 7.05 Å². The number of aryl methyl sites for hydroxylation is 1. The number of fused-ring (bicyclic) bond motifs is 2. The zero-order chi connectivity index (χ0) is 17.5. The lowest BCUT2D eigenvalue weighted by molar-refractivity contribution is 0.225. The predicted octanol–water partition coefficient (Wildman–Crippen LogP) is 4.97. The Balaban J connectivity index is 1.61. The standard InChI is InChI=1S/C23H25N3/c1-24-16-20(19-9-3-5-11-22(19)24)23(25-13-6-7-14-25)17-26-15-12-18-8-2-4-10-21(18)26/h2-5,8-12,15-16,23H,6-7,13-14,17H2,1H3/t23-/m0/s1. The van der Waals surface area contributed by atoms with E-state index in [4.69, 9.17) is 0 Å². The number of hydrogen-bond donors (Lipinski definition) is 0. The van der Waals surface area contributed by atoms with Gasteiger partial charge in [0.2, 0.25) is 0 Å². The molecule has 0 amide bonds. The van der Waals surface area contributed by atoms with Gasteiger partial charge in [-0.3, -0.25) is 4.90 Å². The fraction of sp³-hybridized carbons (Fsp3) is 0.304. The average Bonchev–Trinajstić information content (AvgIpc) is 3.40. The molecule has 1 fully saturated rings. The van der Waals surface area contributed by atoms with Gasteiger partial charge in [-0.2, -0.15) is 0 Å². The summed E-state index contributed by atoms with van der Waals surface area (Å²) in [5.74, 6) is 0.